The summed E-state index contributed by atoms with van der Waals surface area (Å²) in [6.45, 7) is 0. The van der Waals surface area contributed by atoms with Gasteiger partial charge in [0.1, 0.15) is 11.5 Å². The lowest BCUT2D eigenvalue weighted by atomic mass is 10.2. The van der Waals surface area contributed by atoms with Gasteiger partial charge in [-0.25, -0.2) is 9.97 Å². The van der Waals surface area contributed by atoms with E-state index in [4.69, 9.17) is 17.3 Å². The molecule has 0 aliphatic carbocycles. The molecule has 0 fully saturated rings. The molecule has 5 nitrogen and oxygen atoms in total. The van der Waals surface area contributed by atoms with E-state index in [9.17, 15) is 26.3 Å². The summed E-state index contributed by atoms with van der Waals surface area (Å²) < 4.78 is 78.8. The summed E-state index contributed by atoms with van der Waals surface area (Å²) in [5.74, 6) is -0.557. The Labute approximate surface area is 140 Å². The van der Waals surface area contributed by atoms with E-state index in [1.54, 1.807) is 0 Å². The minimum Gasteiger partial charge on any atom is -0.383 e. The van der Waals surface area contributed by atoms with Gasteiger partial charge in [-0.1, -0.05) is 11.6 Å². The van der Waals surface area contributed by atoms with Gasteiger partial charge < -0.3 is 5.73 Å². The smallest absolute Gasteiger partial charge is 0.383 e. The third kappa shape index (κ3) is 3.06. The number of hydrogen-bond acceptors (Lipinski definition) is 4. The van der Waals surface area contributed by atoms with Gasteiger partial charge in [0.25, 0.3) is 0 Å². The number of pyridine rings is 2. The molecule has 3 aromatic rings. The molecule has 132 valence electrons. The van der Waals surface area contributed by atoms with Crippen LogP contribution in [0.25, 0.3) is 16.7 Å². The lowest BCUT2D eigenvalue weighted by Gasteiger charge is -2.11. The summed E-state index contributed by atoms with van der Waals surface area (Å²) >= 11 is 5.67. The quantitative estimate of drug-likeness (QED) is 0.645. The monoisotopic (exact) mass is 381 g/mol. The Morgan fingerprint density at radius 2 is 1.72 bits per heavy atom. The Morgan fingerprint density at radius 3 is 2.24 bits per heavy atom. The van der Waals surface area contributed by atoms with Crippen molar-refractivity contribution in [1.29, 1.82) is 0 Å². The number of hydrogen-bond donors (Lipinski definition) is 1. The summed E-state index contributed by atoms with van der Waals surface area (Å²) in [5.41, 5.74) is 1.57. The summed E-state index contributed by atoms with van der Waals surface area (Å²) in [6, 6.07) is 3.07. The van der Waals surface area contributed by atoms with Gasteiger partial charge in [0.05, 0.1) is 15.9 Å². The predicted molar refractivity (Wildman–Crippen MR) is 76.1 cm³/mol. The first-order valence-corrected chi connectivity index (χ1v) is 6.82. The van der Waals surface area contributed by atoms with Gasteiger partial charge in [0.2, 0.25) is 0 Å². The van der Waals surface area contributed by atoms with Gasteiger partial charge in [0.15, 0.2) is 11.5 Å². The van der Waals surface area contributed by atoms with E-state index in [-0.39, 0.29) is 10.8 Å². The number of rotatable bonds is 1. The van der Waals surface area contributed by atoms with Crippen LogP contribution < -0.4 is 5.73 Å². The molecule has 0 aliphatic heterocycles. The molecule has 0 spiro atoms. The van der Waals surface area contributed by atoms with Crippen molar-refractivity contribution in [3.63, 3.8) is 0 Å². The summed E-state index contributed by atoms with van der Waals surface area (Å²) in [7, 11) is 0. The number of aromatic nitrogens is 4. The Kier molecular flexibility index (Phi) is 3.78. The number of anilines is 1. The maximum Gasteiger partial charge on any atom is 0.434 e. The average Bonchev–Trinajstić information content (AvgIpc) is 2.82. The maximum atomic E-state index is 13.2. The zero-order valence-electron chi connectivity index (χ0n) is 11.8. The molecule has 0 amide bonds. The number of fused-ring (bicyclic) bond motifs is 1. The van der Waals surface area contributed by atoms with Crippen LogP contribution in [0, 0.1) is 0 Å². The van der Waals surface area contributed by atoms with E-state index in [1.165, 1.54) is 18.3 Å². The zero-order chi connectivity index (χ0) is 18.6. The first-order chi connectivity index (χ1) is 11.5. The standard InChI is InChI=1S/C13H6ClF6N5/c14-5-1-2-8(22-4-5)25-11(21)9-6(24-25)3-7(12(15,16)17)23-10(9)13(18,19)20/h1-4H,21H2. The molecule has 3 heterocycles. The third-order valence-corrected chi connectivity index (χ3v) is 3.40. The lowest BCUT2D eigenvalue weighted by Crippen LogP contribution is -2.15. The van der Waals surface area contributed by atoms with Crippen molar-refractivity contribution in [2.24, 2.45) is 0 Å². The molecule has 0 saturated carbocycles. The number of nitrogens with two attached hydrogens (primary N) is 1. The molecule has 0 bridgehead atoms. The van der Waals surface area contributed by atoms with Gasteiger partial charge in [-0.3, -0.25) is 0 Å². The van der Waals surface area contributed by atoms with Crippen molar-refractivity contribution in [1.82, 2.24) is 19.7 Å². The molecule has 0 aliphatic rings. The highest BCUT2D eigenvalue weighted by Gasteiger charge is 2.41. The molecular formula is C13H6ClF6N5. The van der Waals surface area contributed by atoms with Crippen molar-refractivity contribution >= 4 is 28.3 Å². The second-order valence-electron chi connectivity index (χ2n) is 4.88. The van der Waals surface area contributed by atoms with Crippen molar-refractivity contribution < 1.29 is 26.3 Å². The highest BCUT2D eigenvalue weighted by atomic mass is 35.5. The van der Waals surface area contributed by atoms with E-state index in [2.05, 4.69) is 15.1 Å². The van der Waals surface area contributed by atoms with E-state index in [0.29, 0.717) is 6.07 Å². The van der Waals surface area contributed by atoms with E-state index in [1.807, 2.05) is 0 Å². The van der Waals surface area contributed by atoms with Gasteiger partial charge >= 0.3 is 12.4 Å². The molecule has 0 saturated heterocycles. The first-order valence-electron chi connectivity index (χ1n) is 6.44. The fourth-order valence-electron chi connectivity index (χ4n) is 2.15. The fraction of sp³-hybridized carbons (Fsp3) is 0.154. The SMILES string of the molecule is Nc1c2c(C(F)(F)F)nc(C(F)(F)F)cc2nn1-c1ccc(Cl)cn1. The molecule has 0 atom stereocenters. The summed E-state index contributed by atoms with van der Waals surface area (Å²) in [6.07, 6.45) is -9.05. The maximum absolute atomic E-state index is 13.2. The van der Waals surface area contributed by atoms with Crippen LogP contribution in [-0.2, 0) is 12.4 Å². The first kappa shape index (κ1) is 17.3. The molecule has 0 radical (unpaired) electrons. The van der Waals surface area contributed by atoms with Crippen LogP contribution in [0.5, 0.6) is 0 Å². The number of alkyl halides is 6. The van der Waals surface area contributed by atoms with Gasteiger partial charge in [-0.15, -0.1) is 0 Å². The highest BCUT2D eigenvalue weighted by molar-refractivity contribution is 6.30. The minimum absolute atomic E-state index is 0.0141. The highest BCUT2D eigenvalue weighted by Crippen LogP contribution is 2.39. The molecule has 25 heavy (non-hydrogen) atoms. The number of nitrogen functional groups attached to an aromatic ring is 1. The Balaban J connectivity index is 2.34. The topological polar surface area (TPSA) is 69.6 Å². The van der Waals surface area contributed by atoms with E-state index < -0.39 is 40.5 Å². The number of halogens is 7. The molecule has 2 N–H and O–H groups in total. The second-order valence-corrected chi connectivity index (χ2v) is 5.31. The van der Waals surface area contributed by atoms with Crippen LogP contribution in [0.1, 0.15) is 11.4 Å². The average molecular weight is 382 g/mol. The molecule has 12 heteroatoms. The van der Waals surface area contributed by atoms with Crippen molar-refractivity contribution in [3.8, 4) is 5.82 Å². The minimum atomic E-state index is -5.16. The van der Waals surface area contributed by atoms with Gasteiger partial charge in [0, 0.05) is 6.20 Å². The van der Waals surface area contributed by atoms with Crippen molar-refractivity contribution in [2.45, 2.75) is 12.4 Å². The van der Waals surface area contributed by atoms with Crippen LogP contribution in [0.15, 0.2) is 24.4 Å². The van der Waals surface area contributed by atoms with Crippen molar-refractivity contribution in [2.75, 3.05) is 5.73 Å². The Bertz CT molecular complexity index is 945. The number of nitrogens with zero attached hydrogens (tertiary/aromatic N) is 4. The molecule has 3 rings (SSSR count). The van der Waals surface area contributed by atoms with Gasteiger partial charge in [-0.05, 0) is 18.2 Å². The van der Waals surface area contributed by atoms with Crippen molar-refractivity contribution in [3.05, 3.63) is 40.8 Å². The molecular weight excluding hydrogens is 376 g/mol. The molecule has 3 aromatic heterocycles. The fourth-order valence-corrected chi connectivity index (χ4v) is 2.26. The second kappa shape index (κ2) is 5.48. The predicted octanol–water partition coefficient (Wildman–Crippen LogP) is 4.09. The largest absolute Gasteiger partial charge is 0.434 e. The van der Waals surface area contributed by atoms with E-state index in [0.717, 1.165) is 4.68 Å². The Hall–Kier alpha value is -2.56. The summed E-state index contributed by atoms with van der Waals surface area (Å²) in [4.78, 5) is 6.53. The normalized spacial score (nSPS) is 12.8. The molecule has 0 aromatic carbocycles. The molecule has 0 unspecified atom stereocenters. The lowest BCUT2D eigenvalue weighted by molar-refractivity contribution is -0.149. The Morgan fingerprint density at radius 1 is 1.04 bits per heavy atom. The van der Waals surface area contributed by atoms with Crippen LogP contribution in [0.3, 0.4) is 0 Å². The van der Waals surface area contributed by atoms with E-state index >= 15 is 0 Å². The van der Waals surface area contributed by atoms with Crippen LogP contribution in [0.2, 0.25) is 5.02 Å². The van der Waals surface area contributed by atoms with Gasteiger partial charge in [-0.2, -0.15) is 36.1 Å². The van der Waals surface area contributed by atoms with Crippen LogP contribution >= 0.6 is 11.6 Å². The summed E-state index contributed by atoms with van der Waals surface area (Å²) in [5, 5.41) is 3.21. The van der Waals surface area contributed by atoms with Crippen LogP contribution in [0.4, 0.5) is 32.2 Å². The third-order valence-electron chi connectivity index (χ3n) is 3.18. The van der Waals surface area contributed by atoms with Crippen LogP contribution in [-0.4, -0.2) is 19.7 Å². The zero-order valence-corrected chi connectivity index (χ0v) is 12.6.